The zero-order valence-electron chi connectivity index (χ0n) is 16.6. The number of aromatic nitrogens is 2. The summed E-state index contributed by atoms with van der Waals surface area (Å²) >= 11 is 0. The fourth-order valence-electron chi connectivity index (χ4n) is 3.41. The Morgan fingerprint density at radius 2 is 1.67 bits per heavy atom. The Bertz CT molecular complexity index is 760. The number of hydrogen-bond donors (Lipinski definition) is 2. The molecule has 0 aliphatic heterocycles. The summed E-state index contributed by atoms with van der Waals surface area (Å²) in [6, 6.07) is 11.8. The van der Waals surface area contributed by atoms with Crippen LogP contribution in [0.5, 0.6) is 0 Å². The van der Waals surface area contributed by atoms with Crippen LogP contribution < -0.4 is 10.6 Å². The van der Waals surface area contributed by atoms with Gasteiger partial charge in [0.2, 0.25) is 0 Å². The van der Waals surface area contributed by atoms with Crippen molar-refractivity contribution in [3.05, 3.63) is 42.1 Å². The van der Waals surface area contributed by atoms with Crippen molar-refractivity contribution in [2.75, 3.05) is 5.32 Å². The first-order chi connectivity index (χ1) is 12.9. The standard InChI is InChI=1S/C22H30N4O/c1-22(2,3)26-19-15-18(21(27)23-17-13-9-4-5-10-14-17)24-20(25-19)16-11-7-6-8-12-16/h6-8,11-12,15,17H,4-5,9-10,13-14H2,1-3H3,(H,23,27)(H,24,25,26). The van der Waals surface area contributed by atoms with E-state index in [1.807, 2.05) is 30.3 Å². The summed E-state index contributed by atoms with van der Waals surface area (Å²) < 4.78 is 0. The molecular weight excluding hydrogens is 336 g/mol. The first kappa shape index (κ1) is 19.3. The van der Waals surface area contributed by atoms with Crippen molar-refractivity contribution in [3.8, 4) is 11.4 Å². The third-order valence-corrected chi connectivity index (χ3v) is 4.68. The van der Waals surface area contributed by atoms with E-state index in [4.69, 9.17) is 0 Å². The van der Waals surface area contributed by atoms with Crippen LogP contribution in [0.2, 0.25) is 0 Å². The average molecular weight is 367 g/mol. The smallest absolute Gasteiger partial charge is 0.270 e. The molecule has 0 spiro atoms. The summed E-state index contributed by atoms with van der Waals surface area (Å²) in [4.78, 5) is 22.1. The maximum Gasteiger partial charge on any atom is 0.270 e. The second-order valence-corrected chi connectivity index (χ2v) is 8.37. The number of carbonyl (C=O) groups is 1. The van der Waals surface area contributed by atoms with Crippen molar-refractivity contribution in [2.24, 2.45) is 0 Å². The zero-order valence-corrected chi connectivity index (χ0v) is 16.6. The van der Waals surface area contributed by atoms with Gasteiger partial charge in [-0.2, -0.15) is 0 Å². The molecule has 0 unspecified atom stereocenters. The highest BCUT2D eigenvalue weighted by molar-refractivity contribution is 5.93. The largest absolute Gasteiger partial charge is 0.365 e. The van der Waals surface area contributed by atoms with Crippen LogP contribution in [0.15, 0.2) is 36.4 Å². The second-order valence-electron chi connectivity index (χ2n) is 8.37. The Hall–Kier alpha value is -2.43. The summed E-state index contributed by atoms with van der Waals surface area (Å²) in [7, 11) is 0. The van der Waals surface area contributed by atoms with Gasteiger partial charge < -0.3 is 10.6 Å². The molecule has 3 rings (SSSR count). The maximum absolute atomic E-state index is 12.9. The molecule has 1 fully saturated rings. The molecule has 2 N–H and O–H groups in total. The lowest BCUT2D eigenvalue weighted by molar-refractivity contribution is 0.0928. The van der Waals surface area contributed by atoms with Gasteiger partial charge in [-0.15, -0.1) is 0 Å². The molecule has 27 heavy (non-hydrogen) atoms. The minimum absolute atomic E-state index is 0.113. The first-order valence-electron chi connectivity index (χ1n) is 9.94. The Balaban J connectivity index is 1.88. The Morgan fingerprint density at radius 3 is 2.30 bits per heavy atom. The lowest BCUT2D eigenvalue weighted by atomic mass is 10.1. The van der Waals surface area contributed by atoms with E-state index in [-0.39, 0.29) is 17.5 Å². The molecule has 0 bridgehead atoms. The first-order valence-corrected chi connectivity index (χ1v) is 9.94. The van der Waals surface area contributed by atoms with Gasteiger partial charge in [0, 0.05) is 23.2 Å². The summed E-state index contributed by atoms with van der Waals surface area (Å²) in [5.74, 6) is 1.12. The van der Waals surface area contributed by atoms with Crippen LogP contribution in [0, 0.1) is 0 Å². The number of rotatable bonds is 4. The van der Waals surface area contributed by atoms with Gasteiger partial charge in [0.1, 0.15) is 11.5 Å². The van der Waals surface area contributed by atoms with Crippen molar-refractivity contribution in [1.29, 1.82) is 0 Å². The molecule has 1 aromatic heterocycles. The molecule has 1 saturated carbocycles. The minimum atomic E-state index is -0.155. The van der Waals surface area contributed by atoms with Gasteiger partial charge in [0.15, 0.2) is 5.82 Å². The van der Waals surface area contributed by atoms with E-state index in [0.29, 0.717) is 17.3 Å². The molecule has 1 aliphatic rings. The van der Waals surface area contributed by atoms with Gasteiger partial charge in [0.25, 0.3) is 5.91 Å². The van der Waals surface area contributed by atoms with Crippen LogP contribution in [0.25, 0.3) is 11.4 Å². The van der Waals surface area contributed by atoms with Crippen molar-refractivity contribution in [3.63, 3.8) is 0 Å². The number of benzene rings is 1. The van der Waals surface area contributed by atoms with Crippen molar-refractivity contribution < 1.29 is 4.79 Å². The number of nitrogens with one attached hydrogen (secondary N) is 2. The van der Waals surface area contributed by atoms with Gasteiger partial charge in [0.05, 0.1) is 0 Å². The Morgan fingerprint density at radius 1 is 1.00 bits per heavy atom. The van der Waals surface area contributed by atoms with Crippen LogP contribution in [-0.2, 0) is 0 Å². The number of anilines is 1. The SMILES string of the molecule is CC(C)(C)Nc1cc(C(=O)NC2CCCCCC2)nc(-c2ccccc2)n1. The second kappa shape index (κ2) is 8.51. The van der Waals surface area contributed by atoms with Crippen LogP contribution in [0.4, 0.5) is 5.82 Å². The highest BCUT2D eigenvalue weighted by atomic mass is 16.1. The maximum atomic E-state index is 12.9. The molecule has 0 radical (unpaired) electrons. The molecule has 1 aliphatic carbocycles. The molecule has 0 saturated heterocycles. The van der Waals surface area contributed by atoms with Crippen LogP contribution in [0.3, 0.4) is 0 Å². The lowest BCUT2D eigenvalue weighted by Gasteiger charge is -2.22. The quantitative estimate of drug-likeness (QED) is 0.762. The lowest BCUT2D eigenvalue weighted by Crippen LogP contribution is -2.35. The van der Waals surface area contributed by atoms with E-state index in [9.17, 15) is 4.79 Å². The summed E-state index contributed by atoms with van der Waals surface area (Å²) in [5.41, 5.74) is 1.16. The molecule has 1 heterocycles. The number of carbonyl (C=O) groups excluding carboxylic acids is 1. The minimum Gasteiger partial charge on any atom is -0.365 e. The molecular formula is C22H30N4O. The molecule has 1 aromatic carbocycles. The summed E-state index contributed by atoms with van der Waals surface area (Å²) in [5, 5.41) is 6.56. The van der Waals surface area contributed by atoms with Crippen molar-refractivity contribution in [1.82, 2.24) is 15.3 Å². The fraction of sp³-hybridized carbons (Fsp3) is 0.500. The van der Waals surface area contributed by atoms with E-state index in [1.54, 1.807) is 6.07 Å². The van der Waals surface area contributed by atoms with Crippen molar-refractivity contribution in [2.45, 2.75) is 70.9 Å². The zero-order chi connectivity index (χ0) is 19.3. The van der Waals surface area contributed by atoms with E-state index in [0.717, 1.165) is 18.4 Å². The van der Waals surface area contributed by atoms with E-state index in [1.165, 1.54) is 25.7 Å². The molecule has 5 heteroatoms. The normalized spacial score (nSPS) is 15.8. The number of hydrogen-bond acceptors (Lipinski definition) is 4. The van der Waals surface area contributed by atoms with Gasteiger partial charge in [-0.05, 0) is 33.6 Å². The van der Waals surface area contributed by atoms with E-state index in [2.05, 4.69) is 41.4 Å². The molecule has 2 aromatic rings. The van der Waals surface area contributed by atoms with Crippen LogP contribution in [0.1, 0.15) is 69.8 Å². The molecule has 5 nitrogen and oxygen atoms in total. The predicted octanol–water partition coefficient (Wildman–Crippen LogP) is 4.81. The predicted molar refractivity (Wildman–Crippen MR) is 110 cm³/mol. The Labute approximate surface area is 162 Å². The highest BCUT2D eigenvalue weighted by Crippen LogP contribution is 2.21. The van der Waals surface area contributed by atoms with Crippen LogP contribution in [-0.4, -0.2) is 27.5 Å². The molecule has 0 atom stereocenters. The number of amides is 1. The monoisotopic (exact) mass is 366 g/mol. The van der Waals surface area contributed by atoms with Crippen LogP contribution >= 0.6 is 0 Å². The van der Waals surface area contributed by atoms with Gasteiger partial charge >= 0.3 is 0 Å². The average Bonchev–Trinajstić information content (AvgIpc) is 2.89. The van der Waals surface area contributed by atoms with Crippen molar-refractivity contribution >= 4 is 11.7 Å². The topological polar surface area (TPSA) is 66.9 Å². The fourth-order valence-corrected chi connectivity index (χ4v) is 3.41. The molecule has 144 valence electrons. The third kappa shape index (κ3) is 5.78. The van der Waals surface area contributed by atoms with E-state index >= 15 is 0 Å². The highest BCUT2D eigenvalue weighted by Gasteiger charge is 2.20. The Kier molecular flexibility index (Phi) is 6.09. The van der Waals surface area contributed by atoms with Gasteiger partial charge in [-0.1, -0.05) is 56.0 Å². The third-order valence-electron chi connectivity index (χ3n) is 4.68. The van der Waals surface area contributed by atoms with E-state index < -0.39 is 0 Å². The molecule has 1 amide bonds. The van der Waals surface area contributed by atoms with Gasteiger partial charge in [-0.3, -0.25) is 4.79 Å². The summed E-state index contributed by atoms with van der Waals surface area (Å²) in [6.07, 6.45) is 6.99. The van der Waals surface area contributed by atoms with Gasteiger partial charge in [-0.25, -0.2) is 9.97 Å². The number of nitrogens with zero attached hydrogens (tertiary/aromatic N) is 2. The summed E-state index contributed by atoms with van der Waals surface area (Å²) in [6.45, 7) is 6.22.